The maximum atomic E-state index is 11.7. The van der Waals surface area contributed by atoms with Crippen LogP contribution >= 0.6 is 0 Å². The van der Waals surface area contributed by atoms with E-state index in [1.807, 2.05) is 66.9 Å². The summed E-state index contributed by atoms with van der Waals surface area (Å²) < 4.78 is 2.14. The molecule has 0 unspecified atom stereocenters. The number of aromatic nitrogens is 3. The van der Waals surface area contributed by atoms with Crippen LogP contribution in [0.5, 0.6) is 5.75 Å². The first-order valence-corrected chi connectivity index (χ1v) is 15.5. The number of pyridine rings is 2. The van der Waals surface area contributed by atoms with Crippen LogP contribution in [0, 0.1) is 13.8 Å². The highest BCUT2D eigenvalue weighted by atomic mass is 16.3. The summed E-state index contributed by atoms with van der Waals surface area (Å²) in [6, 6.07) is 47.5. The molecule has 4 nitrogen and oxygen atoms in total. The molecule has 0 spiro atoms. The average molecular weight is 594 g/mol. The summed E-state index contributed by atoms with van der Waals surface area (Å²) >= 11 is 0. The molecule has 5 aromatic carbocycles. The van der Waals surface area contributed by atoms with Crippen LogP contribution in [0.25, 0.3) is 72.4 Å². The Hall–Kier alpha value is -6.00. The number of fused-ring (bicyclic) bond motifs is 3. The lowest BCUT2D eigenvalue weighted by atomic mass is 9.89. The van der Waals surface area contributed by atoms with Gasteiger partial charge in [0.25, 0.3) is 0 Å². The van der Waals surface area contributed by atoms with E-state index in [1.165, 1.54) is 16.7 Å². The van der Waals surface area contributed by atoms with E-state index in [0.717, 1.165) is 66.8 Å². The SMILES string of the molecule is Cc1cccc(C)c1-c1cc(-c2cccc(-n3c4ccccc4c4cccnc43)n2)cc(-c2cccc(-c3ccccc3)c2O)c1. The Morgan fingerprint density at radius 2 is 1.20 bits per heavy atom. The van der Waals surface area contributed by atoms with Crippen molar-refractivity contribution >= 4 is 21.9 Å². The fraction of sp³-hybridized carbons (Fsp3) is 0.0476. The lowest BCUT2D eigenvalue weighted by Gasteiger charge is -2.16. The number of para-hydroxylation sites is 2. The predicted molar refractivity (Wildman–Crippen MR) is 189 cm³/mol. The number of phenolic OH excluding ortho intramolecular Hbond substituents is 1. The Bertz CT molecular complexity index is 2330. The van der Waals surface area contributed by atoms with Gasteiger partial charge in [-0.3, -0.25) is 4.57 Å². The van der Waals surface area contributed by atoms with Gasteiger partial charge in [-0.2, -0.15) is 0 Å². The molecule has 1 N–H and O–H groups in total. The van der Waals surface area contributed by atoms with Gasteiger partial charge in [0.2, 0.25) is 0 Å². The molecule has 0 aliphatic heterocycles. The van der Waals surface area contributed by atoms with Gasteiger partial charge in [-0.15, -0.1) is 0 Å². The number of aryl methyl sites for hydroxylation is 2. The van der Waals surface area contributed by atoms with Gasteiger partial charge < -0.3 is 5.11 Å². The Balaban J connectivity index is 1.35. The summed E-state index contributed by atoms with van der Waals surface area (Å²) in [4.78, 5) is 10.0. The quantitative estimate of drug-likeness (QED) is 0.216. The minimum Gasteiger partial charge on any atom is -0.507 e. The van der Waals surface area contributed by atoms with Gasteiger partial charge in [0.1, 0.15) is 17.2 Å². The van der Waals surface area contributed by atoms with E-state index in [0.29, 0.717) is 0 Å². The first-order valence-electron chi connectivity index (χ1n) is 15.5. The minimum absolute atomic E-state index is 0.261. The maximum absolute atomic E-state index is 11.7. The number of aromatic hydroxyl groups is 1. The van der Waals surface area contributed by atoms with Crippen LogP contribution in [0.1, 0.15) is 11.1 Å². The largest absolute Gasteiger partial charge is 0.507 e. The summed E-state index contributed by atoms with van der Waals surface area (Å²) in [7, 11) is 0. The first-order chi connectivity index (χ1) is 22.6. The van der Waals surface area contributed by atoms with Crippen molar-refractivity contribution in [3.05, 3.63) is 157 Å². The smallest absolute Gasteiger partial charge is 0.146 e. The normalized spacial score (nSPS) is 11.3. The molecule has 3 aromatic heterocycles. The number of rotatable bonds is 5. The molecular weight excluding hydrogens is 562 g/mol. The highest BCUT2D eigenvalue weighted by Gasteiger charge is 2.17. The molecule has 0 amide bonds. The van der Waals surface area contributed by atoms with Gasteiger partial charge >= 0.3 is 0 Å². The third-order valence-electron chi connectivity index (χ3n) is 8.83. The summed E-state index contributed by atoms with van der Waals surface area (Å²) in [5, 5.41) is 13.9. The number of hydrogen-bond acceptors (Lipinski definition) is 3. The van der Waals surface area contributed by atoms with Crippen LogP contribution in [-0.4, -0.2) is 19.6 Å². The monoisotopic (exact) mass is 593 g/mol. The summed E-state index contributed by atoms with van der Waals surface area (Å²) in [6.45, 7) is 4.30. The van der Waals surface area contributed by atoms with Crippen LogP contribution in [0.2, 0.25) is 0 Å². The van der Waals surface area contributed by atoms with Crippen molar-refractivity contribution in [2.75, 3.05) is 0 Å². The van der Waals surface area contributed by atoms with Gasteiger partial charge in [0, 0.05) is 33.7 Å². The molecule has 0 atom stereocenters. The van der Waals surface area contributed by atoms with Gasteiger partial charge in [0.15, 0.2) is 0 Å². The maximum Gasteiger partial charge on any atom is 0.146 e. The van der Waals surface area contributed by atoms with Gasteiger partial charge in [-0.25, -0.2) is 9.97 Å². The number of nitrogens with zero attached hydrogens (tertiary/aromatic N) is 3. The van der Waals surface area contributed by atoms with Crippen LogP contribution in [0.15, 0.2) is 146 Å². The average Bonchev–Trinajstić information content (AvgIpc) is 3.43. The second-order valence-corrected chi connectivity index (χ2v) is 11.7. The number of phenols is 1. The Morgan fingerprint density at radius 1 is 0.543 bits per heavy atom. The van der Waals surface area contributed by atoms with Crippen molar-refractivity contribution in [2.45, 2.75) is 13.8 Å². The van der Waals surface area contributed by atoms with Crippen LogP contribution < -0.4 is 0 Å². The molecule has 220 valence electrons. The number of benzene rings is 5. The lowest BCUT2D eigenvalue weighted by molar-refractivity contribution is 0.479. The first kappa shape index (κ1) is 27.5. The van der Waals surface area contributed by atoms with Crippen molar-refractivity contribution in [2.24, 2.45) is 0 Å². The van der Waals surface area contributed by atoms with E-state index in [4.69, 9.17) is 9.97 Å². The summed E-state index contributed by atoms with van der Waals surface area (Å²) in [5.41, 5.74) is 11.9. The minimum atomic E-state index is 0.261. The zero-order valence-corrected chi connectivity index (χ0v) is 25.6. The standard InChI is InChI=1S/C42H31N3O/c1-27-12-8-13-28(2)40(27)32-25-30(34-18-9-17-33(41(34)46)29-14-4-3-5-15-29)24-31(26-32)37-20-10-22-39(44-37)45-38-21-7-6-16-35(38)36-19-11-23-43-42(36)45/h3-26,46H,1-2H3. The summed E-state index contributed by atoms with van der Waals surface area (Å²) in [6.07, 6.45) is 1.83. The van der Waals surface area contributed by atoms with Crippen LogP contribution in [0.4, 0.5) is 0 Å². The molecular formula is C42H31N3O. The Kier molecular flexibility index (Phi) is 6.69. The molecule has 0 saturated carbocycles. The third-order valence-corrected chi connectivity index (χ3v) is 8.83. The van der Waals surface area contributed by atoms with E-state index in [9.17, 15) is 5.11 Å². The molecule has 3 heterocycles. The lowest BCUT2D eigenvalue weighted by Crippen LogP contribution is -2.00. The van der Waals surface area contributed by atoms with E-state index in [1.54, 1.807) is 0 Å². The molecule has 0 aliphatic carbocycles. The van der Waals surface area contributed by atoms with Crippen molar-refractivity contribution in [3.63, 3.8) is 0 Å². The van der Waals surface area contributed by atoms with E-state index >= 15 is 0 Å². The van der Waals surface area contributed by atoms with Crippen molar-refractivity contribution in [1.29, 1.82) is 0 Å². The van der Waals surface area contributed by atoms with Gasteiger partial charge in [-0.1, -0.05) is 91.0 Å². The Labute approximate surface area is 267 Å². The molecule has 46 heavy (non-hydrogen) atoms. The second-order valence-electron chi connectivity index (χ2n) is 11.7. The molecule has 0 bridgehead atoms. The molecule has 8 aromatic rings. The fourth-order valence-corrected chi connectivity index (χ4v) is 6.71. The van der Waals surface area contributed by atoms with Crippen molar-refractivity contribution < 1.29 is 5.11 Å². The van der Waals surface area contributed by atoms with Gasteiger partial charge in [0.05, 0.1) is 11.2 Å². The number of hydrogen-bond donors (Lipinski definition) is 1. The molecule has 0 radical (unpaired) electrons. The van der Waals surface area contributed by atoms with Crippen LogP contribution in [0.3, 0.4) is 0 Å². The molecule has 0 fully saturated rings. The predicted octanol–water partition coefficient (Wildman–Crippen LogP) is 10.6. The molecule has 0 aliphatic rings. The van der Waals surface area contributed by atoms with Crippen LogP contribution in [-0.2, 0) is 0 Å². The van der Waals surface area contributed by atoms with E-state index < -0.39 is 0 Å². The van der Waals surface area contributed by atoms with Crippen molar-refractivity contribution in [1.82, 2.24) is 14.5 Å². The molecule has 4 heteroatoms. The zero-order chi connectivity index (χ0) is 31.2. The van der Waals surface area contributed by atoms with E-state index in [2.05, 4.69) is 97.3 Å². The van der Waals surface area contributed by atoms with E-state index in [-0.39, 0.29) is 5.75 Å². The zero-order valence-electron chi connectivity index (χ0n) is 25.6. The highest BCUT2D eigenvalue weighted by molar-refractivity contribution is 6.07. The van der Waals surface area contributed by atoms with Crippen molar-refractivity contribution in [3.8, 4) is 56.2 Å². The highest BCUT2D eigenvalue weighted by Crippen LogP contribution is 2.42. The fourth-order valence-electron chi connectivity index (χ4n) is 6.71. The van der Waals surface area contributed by atoms with Gasteiger partial charge in [-0.05, 0) is 95.8 Å². The molecule has 8 rings (SSSR count). The molecule has 0 saturated heterocycles. The summed E-state index contributed by atoms with van der Waals surface area (Å²) in [5.74, 6) is 1.06. The third kappa shape index (κ3) is 4.63. The topological polar surface area (TPSA) is 50.9 Å². The second kappa shape index (κ2) is 11.2. The Morgan fingerprint density at radius 3 is 2.02 bits per heavy atom.